The van der Waals surface area contributed by atoms with Gasteiger partial charge in [0.2, 0.25) is 0 Å². The van der Waals surface area contributed by atoms with Gasteiger partial charge in [-0.25, -0.2) is 0 Å². The molecule has 0 unspecified atom stereocenters. The number of hydrogen-bond acceptors (Lipinski definition) is 6. The Morgan fingerprint density at radius 3 is 2.69 bits per heavy atom. The second kappa shape index (κ2) is 10.5. The van der Waals surface area contributed by atoms with Gasteiger partial charge in [0.15, 0.2) is 0 Å². The van der Waals surface area contributed by atoms with Crippen LogP contribution in [0.1, 0.15) is 72.6 Å². The number of nitrogens with one attached hydrogen (secondary N) is 1. The van der Waals surface area contributed by atoms with E-state index in [2.05, 4.69) is 52.8 Å². The Labute approximate surface area is 213 Å². The summed E-state index contributed by atoms with van der Waals surface area (Å²) in [7, 11) is 2.18. The van der Waals surface area contributed by atoms with Gasteiger partial charge < -0.3 is 26.1 Å². The number of pyridine rings is 1. The highest BCUT2D eigenvalue weighted by Crippen LogP contribution is 2.34. The van der Waals surface area contributed by atoms with E-state index in [0.717, 1.165) is 86.5 Å². The van der Waals surface area contributed by atoms with Crippen LogP contribution in [-0.4, -0.2) is 58.0 Å². The maximum atomic E-state index is 6.64. The fourth-order valence-electron chi connectivity index (χ4n) is 5.72. The molecule has 2 aliphatic rings. The van der Waals surface area contributed by atoms with Gasteiger partial charge in [0, 0.05) is 48.0 Å². The molecule has 2 fully saturated rings. The average molecular weight is 490 g/mol. The van der Waals surface area contributed by atoms with Gasteiger partial charge in [-0.15, -0.1) is 0 Å². The first-order valence-electron chi connectivity index (χ1n) is 13.2. The van der Waals surface area contributed by atoms with Crippen LogP contribution in [0.5, 0.6) is 0 Å². The van der Waals surface area contributed by atoms with Crippen molar-refractivity contribution in [3.63, 3.8) is 0 Å². The first-order valence-corrected chi connectivity index (χ1v) is 13.2. The summed E-state index contributed by atoms with van der Waals surface area (Å²) >= 11 is 0. The molecule has 0 bridgehead atoms. The topological polar surface area (TPSA) is 111 Å². The third-order valence-corrected chi connectivity index (χ3v) is 7.83. The zero-order chi connectivity index (χ0) is 25.2. The Bertz CT molecular complexity index is 1230. The molecular formula is C28H39N7O. The van der Waals surface area contributed by atoms with Gasteiger partial charge in [-0.05, 0) is 88.4 Å². The number of piperidine rings is 1. The Morgan fingerprint density at radius 1 is 1.22 bits per heavy atom. The van der Waals surface area contributed by atoms with Gasteiger partial charge in [0.05, 0.1) is 23.6 Å². The van der Waals surface area contributed by atoms with E-state index in [0.29, 0.717) is 23.5 Å². The van der Waals surface area contributed by atoms with E-state index in [9.17, 15) is 0 Å². The minimum atomic E-state index is 0.434. The predicted octanol–water partition coefficient (Wildman–Crippen LogP) is 4.34. The van der Waals surface area contributed by atoms with Crippen LogP contribution in [0, 0.1) is 6.92 Å². The lowest BCUT2D eigenvalue weighted by Crippen LogP contribution is -2.31. The predicted molar refractivity (Wildman–Crippen MR) is 145 cm³/mol. The van der Waals surface area contributed by atoms with E-state index < -0.39 is 0 Å². The Morgan fingerprint density at radius 2 is 1.97 bits per heavy atom. The largest absolute Gasteiger partial charge is 0.397 e. The molecule has 0 atom stereocenters. The van der Waals surface area contributed by atoms with Crippen LogP contribution in [0.4, 0.5) is 5.82 Å². The van der Waals surface area contributed by atoms with Gasteiger partial charge >= 0.3 is 0 Å². The van der Waals surface area contributed by atoms with E-state index in [4.69, 9.17) is 21.2 Å². The normalized spacial score (nSPS) is 18.7. The number of hydrogen-bond donors (Lipinski definition) is 3. The molecule has 2 aliphatic heterocycles. The van der Waals surface area contributed by atoms with Crippen molar-refractivity contribution in [2.75, 3.05) is 39.1 Å². The quantitative estimate of drug-likeness (QED) is 0.475. The first kappa shape index (κ1) is 24.6. The molecule has 36 heavy (non-hydrogen) atoms. The number of ether oxygens (including phenoxy) is 1. The second-order valence-electron chi connectivity index (χ2n) is 10.3. The number of aromatic amines is 1. The number of H-pyrrole nitrogens is 1. The molecular weight excluding hydrogens is 450 g/mol. The number of aromatic nitrogens is 4. The minimum Gasteiger partial charge on any atom is -0.397 e. The highest BCUT2D eigenvalue weighted by molar-refractivity contribution is 5.89. The molecule has 2 saturated heterocycles. The Kier molecular flexibility index (Phi) is 7.16. The van der Waals surface area contributed by atoms with Crippen molar-refractivity contribution in [3.8, 4) is 11.1 Å². The number of nitrogens with two attached hydrogens (primary N) is 2. The van der Waals surface area contributed by atoms with Crippen molar-refractivity contribution in [2.45, 2.75) is 57.9 Å². The van der Waals surface area contributed by atoms with Crippen molar-refractivity contribution in [1.29, 1.82) is 0 Å². The summed E-state index contributed by atoms with van der Waals surface area (Å²) in [5.74, 6) is 1.10. The fraction of sp³-hybridized carbons (Fsp3) is 0.500. The van der Waals surface area contributed by atoms with Crippen LogP contribution in [0.15, 0.2) is 24.7 Å². The van der Waals surface area contributed by atoms with Gasteiger partial charge in [-0.1, -0.05) is 6.92 Å². The molecule has 8 heteroatoms. The zero-order valence-electron chi connectivity index (χ0n) is 21.8. The number of rotatable bonds is 6. The van der Waals surface area contributed by atoms with Crippen molar-refractivity contribution in [3.05, 3.63) is 52.7 Å². The highest BCUT2D eigenvalue weighted by Gasteiger charge is 2.23. The summed E-state index contributed by atoms with van der Waals surface area (Å²) in [5, 5.41) is 4.69. The lowest BCUT2D eigenvalue weighted by atomic mass is 9.86. The number of likely N-dealkylation sites (tertiary alicyclic amines) is 1. The number of aryl methyl sites for hydroxylation is 2. The SMILES string of the molecule is CCc1nc(/C(N)=C/c2c(-c3cnn(C4CCN(C)CC4)c3)c[nH]c2N)cc(C)c1C1CCOCC1. The lowest BCUT2D eigenvalue weighted by Gasteiger charge is -2.28. The van der Waals surface area contributed by atoms with Crippen LogP contribution >= 0.6 is 0 Å². The molecule has 0 saturated carbocycles. The molecule has 5 heterocycles. The van der Waals surface area contributed by atoms with Gasteiger partial charge in [-0.3, -0.25) is 9.67 Å². The molecule has 192 valence electrons. The van der Waals surface area contributed by atoms with Crippen LogP contribution in [0.3, 0.4) is 0 Å². The van der Waals surface area contributed by atoms with Crippen molar-refractivity contribution < 1.29 is 4.74 Å². The first-order chi connectivity index (χ1) is 17.4. The van der Waals surface area contributed by atoms with E-state index in [-0.39, 0.29) is 0 Å². The van der Waals surface area contributed by atoms with Crippen molar-refractivity contribution >= 4 is 17.6 Å². The number of anilines is 1. The third kappa shape index (κ3) is 4.92. The van der Waals surface area contributed by atoms with Crippen LogP contribution in [-0.2, 0) is 11.2 Å². The zero-order valence-corrected chi connectivity index (χ0v) is 21.8. The molecule has 5 rings (SSSR count). The van der Waals surface area contributed by atoms with E-state index in [1.165, 1.54) is 11.1 Å². The average Bonchev–Trinajstić information content (AvgIpc) is 3.51. The monoisotopic (exact) mass is 489 g/mol. The Balaban J connectivity index is 1.43. The second-order valence-corrected chi connectivity index (χ2v) is 10.3. The third-order valence-electron chi connectivity index (χ3n) is 7.83. The molecule has 3 aromatic rings. The smallest absolute Gasteiger partial charge is 0.108 e. The van der Waals surface area contributed by atoms with E-state index in [1.54, 1.807) is 0 Å². The number of nitrogen functional groups attached to an aromatic ring is 1. The fourth-order valence-corrected chi connectivity index (χ4v) is 5.72. The molecule has 0 spiro atoms. The summed E-state index contributed by atoms with van der Waals surface area (Å²) in [6.45, 7) is 8.18. The standard InChI is InChI=1S/C28H39N7O/c1-4-25-27(19-7-11-36-12-8-19)18(2)13-26(33-25)24(29)14-22-23(16-31-28(22)30)20-15-32-35(17-20)21-5-9-34(3)10-6-21/h13-17,19,21,31H,4-12,29-30H2,1-3H3/b24-14-. The van der Waals surface area contributed by atoms with Gasteiger partial charge in [0.25, 0.3) is 0 Å². The molecule has 0 radical (unpaired) electrons. The maximum absolute atomic E-state index is 6.64. The molecule has 0 aliphatic carbocycles. The van der Waals surface area contributed by atoms with Gasteiger partial charge in [0.1, 0.15) is 5.82 Å². The molecule has 0 aromatic carbocycles. The van der Waals surface area contributed by atoms with Crippen LogP contribution in [0.25, 0.3) is 22.9 Å². The van der Waals surface area contributed by atoms with Gasteiger partial charge in [-0.2, -0.15) is 5.10 Å². The maximum Gasteiger partial charge on any atom is 0.108 e. The molecule has 0 amide bonds. The van der Waals surface area contributed by atoms with E-state index >= 15 is 0 Å². The molecule has 8 nitrogen and oxygen atoms in total. The lowest BCUT2D eigenvalue weighted by molar-refractivity contribution is 0.0849. The number of nitrogens with zero attached hydrogens (tertiary/aromatic N) is 4. The van der Waals surface area contributed by atoms with Crippen LogP contribution < -0.4 is 11.5 Å². The summed E-state index contributed by atoms with van der Waals surface area (Å²) in [6.07, 6.45) is 13.1. The highest BCUT2D eigenvalue weighted by atomic mass is 16.5. The van der Waals surface area contributed by atoms with Crippen molar-refractivity contribution in [1.82, 2.24) is 24.6 Å². The summed E-state index contributed by atoms with van der Waals surface area (Å²) < 4.78 is 7.69. The van der Waals surface area contributed by atoms with Crippen molar-refractivity contribution in [2.24, 2.45) is 5.73 Å². The summed E-state index contributed by atoms with van der Waals surface area (Å²) in [6, 6.07) is 2.56. The minimum absolute atomic E-state index is 0.434. The van der Waals surface area contributed by atoms with Crippen LogP contribution in [0.2, 0.25) is 0 Å². The summed E-state index contributed by atoms with van der Waals surface area (Å²) in [4.78, 5) is 10.6. The summed E-state index contributed by atoms with van der Waals surface area (Å²) in [5.41, 5.74) is 21.1. The van der Waals surface area contributed by atoms with E-state index in [1.807, 2.05) is 18.5 Å². The Hall–Kier alpha value is -3.10. The molecule has 3 aromatic heterocycles. The molecule has 5 N–H and O–H groups in total.